The molecular weight excluding hydrogens is 462 g/mol. The Balaban J connectivity index is 1.53. The number of halogens is 2. The molecule has 2 aliphatic rings. The molecular formula is C24H26F2N4O3S. The summed E-state index contributed by atoms with van der Waals surface area (Å²) in [4.78, 5) is 21.8. The molecule has 0 saturated carbocycles. The minimum Gasteiger partial charge on any atom is -0.486 e. The zero-order valence-electron chi connectivity index (χ0n) is 19.0. The van der Waals surface area contributed by atoms with Crippen LogP contribution in [-0.2, 0) is 22.5 Å². The first-order valence-electron chi connectivity index (χ1n) is 11.2. The molecule has 1 saturated heterocycles. The number of rotatable bonds is 4. The van der Waals surface area contributed by atoms with Crippen molar-refractivity contribution in [2.75, 3.05) is 23.4 Å². The highest BCUT2D eigenvalue weighted by molar-refractivity contribution is 8.00. The molecule has 1 fully saturated rings. The number of anilines is 1. The third-order valence-corrected chi connectivity index (χ3v) is 8.76. The van der Waals surface area contributed by atoms with E-state index < -0.39 is 28.1 Å². The molecule has 34 heavy (non-hydrogen) atoms. The van der Waals surface area contributed by atoms with Crippen molar-refractivity contribution >= 4 is 32.2 Å². The van der Waals surface area contributed by atoms with Gasteiger partial charge in [-0.15, -0.1) is 0 Å². The predicted molar refractivity (Wildman–Crippen MR) is 130 cm³/mol. The normalized spacial score (nSPS) is 24.4. The van der Waals surface area contributed by atoms with E-state index in [1.807, 2.05) is 13.0 Å². The molecule has 7 nitrogen and oxygen atoms in total. The number of fused-ring (bicyclic) bond motifs is 2. The first-order valence-corrected chi connectivity index (χ1v) is 13.2. The lowest BCUT2D eigenvalue weighted by Crippen LogP contribution is -2.29. The van der Waals surface area contributed by atoms with Gasteiger partial charge in [-0.2, -0.15) is 8.78 Å². The summed E-state index contributed by atoms with van der Waals surface area (Å²) in [6.45, 7) is 1.17. The zero-order valence-corrected chi connectivity index (χ0v) is 19.8. The Morgan fingerprint density at radius 1 is 1.29 bits per heavy atom. The molecule has 0 amide bonds. The summed E-state index contributed by atoms with van der Waals surface area (Å²) >= 11 is 0. The Labute approximate surface area is 196 Å². The fraction of sp³-hybridized carbons (Fsp3) is 0.417. The van der Waals surface area contributed by atoms with Gasteiger partial charge in [-0.1, -0.05) is 12.1 Å². The summed E-state index contributed by atoms with van der Waals surface area (Å²) < 4.78 is 47.4. The number of benzene rings is 1. The lowest BCUT2D eigenvalue weighted by Gasteiger charge is -2.25. The van der Waals surface area contributed by atoms with Crippen LogP contribution in [0.2, 0.25) is 0 Å². The van der Waals surface area contributed by atoms with Crippen molar-refractivity contribution in [2.45, 2.75) is 37.6 Å². The molecule has 1 aromatic carbocycles. The topological polar surface area (TPSA) is 86.1 Å². The summed E-state index contributed by atoms with van der Waals surface area (Å²) in [6, 6.07) is 6.15. The zero-order chi connectivity index (χ0) is 24.3. The molecule has 2 aromatic heterocycles. The first kappa shape index (κ1) is 22.8. The molecule has 1 N–H and O–H groups in total. The number of aromatic nitrogens is 3. The average molecular weight is 489 g/mol. The summed E-state index contributed by atoms with van der Waals surface area (Å²) in [7, 11) is -0.400. The third kappa shape index (κ3) is 3.83. The smallest absolute Gasteiger partial charge is 0.310 e. The number of hydrogen-bond acceptors (Lipinski definition) is 6. The number of pyridine rings is 1. The molecule has 0 aliphatic carbocycles. The van der Waals surface area contributed by atoms with Gasteiger partial charge >= 0.3 is 5.92 Å². The van der Waals surface area contributed by atoms with E-state index in [0.29, 0.717) is 52.3 Å². The van der Waals surface area contributed by atoms with Crippen LogP contribution in [0.25, 0.3) is 11.0 Å². The SMILES string of the molecule is C=S1(=O)CCC(c2cc3c(N[C@H](C)c4cccc5c4OCC5(F)F)ncnc3n(C)c2=O)CC1. The summed E-state index contributed by atoms with van der Waals surface area (Å²) in [6.07, 6.45) is 2.64. The van der Waals surface area contributed by atoms with Crippen LogP contribution in [0.3, 0.4) is 0 Å². The summed E-state index contributed by atoms with van der Waals surface area (Å²) in [5.41, 5.74) is 1.46. The van der Waals surface area contributed by atoms with Crippen molar-refractivity contribution in [2.24, 2.45) is 7.05 Å². The molecule has 0 unspecified atom stereocenters. The molecule has 10 heteroatoms. The Morgan fingerprint density at radius 3 is 2.76 bits per heavy atom. The van der Waals surface area contributed by atoms with Gasteiger partial charge in [0.1, 0.15) is 23.5 Å². The Bertz CT molecular complexity index is 1440. The molecule has 0 radical (unpaired) electrons. The van der Waals surface area contributed by atoms with Gasteiger partial charge in [0.2, 0.25) is 0 Å². The van der Waals surface area contributed by atoms with E-state index in [9.17, 15) is 17.8 Å². The van der Waals surface area contributed by atoms with Gasteiger partial charge in [0, 0.05) is 29.7 Å². The molecule has 3 aromatic rings. The van der Waals surface area contributed by atoms with E-state index in [4.69, 9.17) is 4.74 Å². The fourth-order valence-electron chi connectivity index (χ4n) is 4.84. The van der Waals surface area contributed by atoms with Gasteiger partial charge in [0.05, 0.1) is 17.0 Å². The van der Waals surface area contributed by atoms with E-state index in [-0.39, 0.29) is 22.8 Å². The van der Waals surface area contributed by atoms with Crippen molar-refractivity contribution in [3.05, 3.63) is 57.6 Å². The maximum absolute atomic E-state index is 14.1. The van der Waals surface area contributed by atoms with Crippen molar-refractivity contribution in [1.29, 1.82) is 0 Å². The van der Waals surface area contributed by atoms with Crippen molar-refractivity contribution < 1.29 is 17.7 Å². The molecule has 0 bridgehead atoms. The monoisotopic (exact) mass is 488 g/mol. The molecule has 2 aliphatic heterocycles. The van der Waals surface area contributed by atoms with E-state index in [1.54, 1.807) is 19.2 Å². The second-order valence-corrected chi connectivity index (χ2v) is 11.9. The lowest BCUT2D eigenvalue weighted by atomic mass is 9.94. The van der Waals surface area contributed by atoms with Gasteiger partial charge in [-0.05, 0) is 53.2 Å². The molecule has 5 rings (SSSR count). The van der Waals surface area contributed by atoms with Crippen LogP contribution in [0, 0.1) is 0 Å². The largest absolute Gasteiger partial charge is 0.486 e. The number of ether oxygens (including phenoxy) is 1. The van der Waals surface area contributed by atoms with Gasteiger partial charge in [0.25, 0.3) is 5.56 Å². The van der Waals surface area contributed by atoms with Gasteiger partial charge < -0.3 is 10.1 Å². The molecule has 180 valence electrons. The second-order valence-electron chi connectivity index (χ2n) is 9.15. The van der Waals surface area contributed by atoms with Crippen LogP contribution in [0.4, 0.5) is 14.6 Å². The van der Waals surface area contributed by atoms with Crippen LogP contribution in [0.1, 0.15) is 48.4 Å². The van der Waals surface area contributed by atoms with Crippen LogP contribution >= 0.6 is 0 Å². The number of hydrogen-bond donors (Lipinski definition) is 1. The van der Waals surface area contributed by atoms with Crippen LogP contribution < -0.4 is 15.6 Å². The van der Waals surface area contributed by atoms with E-state index in [2.05, 4.69) is 21.2 Å². The van der Waals surface area contributed by atoms with Crippen molar-refractivity contribution in [3.63, 3.8) is 0 Å². The number of alkyl halides is 2. The van der Waals surface area contributed by atoms with Crippen LogP contribution in [0.5, 0.6) is 5.75 Å². The standard InChI is InChI=1S/C24H26F2N4O3S/c1-14(16-5-4-6-19-20(16)33-12-24(19,25)26)29-21-18-11-17(15-7-9-34(3,32)10-8-15)23(31)30(2)22(18)28-13-27-21/h4-6,11,13-15H,3,7-10,12H2,1-2H3,(H,27,28,29)/t14-,15?,34?/m1/s1. The second kappa shape index (κ2) is 8.04. The Morgan fingerprint density at radius 2 is 2.03 bits per heavy atom. The highest BCUT2D eigenvalue weighted by Gasteiger charge is 2.42. The molecule has 1 atom stereocenters. The molecule has 4 heterocycles. The average Bonchev–Trinajstić information content (AvgIpc) is 3.11. The third-order valence-electron chi connectivity index (χ3n) is 6.81. The van der Waals surface area contributed by atoms with E-state index in [1.165, 1.54) is 17.0 Å². The van der Waals surface area contributed by atoms with E-state index in [0.717, 1.165) is 0 Å². The lowest BCUT2D eigenvalue weighted by molar-refractivity contribution is -0.0214. The first-order chi connectivity index (χ1) is 16.1. The number of aryl methyl sites for hydroxylation is 1. The van der Waals surface area contributed by atoms with Crippen molar-refractivity contribution in [1.82, 2.24) is 14.5 Å². The number of nitrogens with zero attached hydrogens (tertiary/aromatic N) is 3. The van der Waals surface area contributed by atoms with Crippen molar-refractivity contribution in [3.8, 4) is 5.75 Å². The maximum atomic E-state index is 14.1. The maximum Gasteiger partial charge on any atom is 0.310 e. The Hall–Kier alpha value is -3.01. The minimum atomic E-state index is -3.02. The van der Waals surface area contributed by atoms with Gasteiger partial charge in [-0.3, -0.25) is 13.6 Å². The van der Waals surface area contributed by atoms with Crippen LogP contribution in [-0.4, -0.2) is 42.7 Å². The minimum absolute atomic E-state index is 0.0158. The highest BCUT2D eigenvalue weighted by Crippen LogP contribution is 2.45. The number of nitrogens with one attached hydrogen (secondary N) is 1. The summed E-state index contributed by atoms with van der Waals surface area (Å²) in [5, 5.41) is 3.96. The highest BCUT2D eigenvalue weighted by atomic mass is 32.2. The fourth-order valence-corrected chi connectivity index (χ4v) is 6.47. The predicted octanol–water partition coefficient (Wildman–Crippen LogP) is 3.58. The molecule has 0 spiro atoms. The van der Waals surface area contributed by atoms with Gasteiger partial charge in [-0.25, -0.2) is 9.97 Å². The van der Waals surface area contributed by atoms with Crippen LogP contribution in [0.15, 0.2) is 35.4 Å². The summed E-state index contributed by atoms with van der Waals surface area (Å²) in [5.74, 6) is 2.46. The van der Waals surface area contributed by atoms with Gasteiger partial charge in [0.15, 0.2) is 6.61 Å². The quantitative estimate of drug-likeness (QED) is 0.565. The Kier molecular flexibility index (Phi) is 5.38. The van der Waals surface area contributed by atoms with E-state index >= 15 is 0 Å². The number of para-hydroxylation sites is 1.